The van der Waals surface area contributed by atoms with Crippen molar-refractivity contribution in [3.05, 3.63) is 65.9 Å². The van der Waals surface area contributed by atoms with E-state index in [1.165, 1.54) is 0 Å². The molecule has 0 aliphatic heterocycles. The van der Waals surface area contributed by atoms with Crippen molar-refractivity contribution >= 4 is 22.5 Å². The van der Waals surface area contributed by atoms with Crippen LogP contribution < -0.4 is 11.1 Å². The van der Waals surface area contributed by atoms with Gasteiger partial charge in [-0.2, -0.15) is 0 Å². The van der Waals surface area contributed by atoms with Crippen molar-refractivity contribution in [2.24, 2.45) is 0 Å². The first kappa shape index (κ1) is 13.2. The number of hydrogen-bond donors (Lipinski definition) is 3. The van der Waals surface area contributed by atoms with E-state index in [9.17, 15) is 4.79 Å². The van der Waals surface area contributed by atoms with Crippen molar-refractivity contribution in [3.8, 4) is 0 Å². The van der Waals surface area contributed by atoms with Gasteiger partial charge in [-0.1, -0.05) is 30.3 Å². The molecule has 0 aliphatic carbocycles. The Morgan fingerprint density at radius 1 is 1.14 bits per heavy atom. The number of nitrogen functional groups attached to an aromatic ring is 1. The average Bonchev–Trinajstić information content (AvgIpc) is 2.92. The molecule has 0 fully saturated rings. The molecular weight excluding hydrogens is 262 g/mol. The molecule has 0 aliphatic rings. The third-order valence-corrected chi connectivity index (χ3v) is 3.56. The molecule has 1 atom stereocenters. The van der Waals surface area contributed by atoms with Crippen molar-refractivity contribution in [2.75, 3.05) is 5.73 Å². The van der Waals surface area contributed by atoms with Crippen LogP contribution in [0, 0.1) is 0 Å². The fourth-order valence-corrected chi connectivity index (χ4v) is 2.34. The van der Waals surface area contributed by atoms with E-state index in [0.29, 0.717) is 11.4 Å². The number of benzene rings is 2. The third-order valence-electron chi connectivity index (χ3n) is 3.56. The zero-order valence-electron chi connectivity index (χ0n) is 11.8. The first-order valence-corrected chi connectivity index (χ1v) is 6.87. The second kappa shape index (κ2) is 5.32. The van der Waals surface area contributed by atoms with Gasteiger partial charge in [-0.25, -0.2) is 0 Å². The van der Waals surface area contributed by atoms with Crippen LogP contribution in [0.4, 0.5) is 5.69 Å². The van der Waals surface area contributed by atoms with Crippen molar-refractivity contribution in [3.63, 3.8) is 0 Å². The zero-order valence-corrected chi connectivity index (χ0v) is 11.8. The van der Waals surface area contributed by atoms with Crippen LogP contribution in [0.1, 0.15) is 29.0 Å². The van der Waals surface area contributed by atoms with Gasteiger partial charge in [0.05, 0.1) is 6.04 Å². The maximum atomic E-state index is 12.3. The molecule has 4 N–H and O–H groups in total. The summed E-state index contributed by atoms with van der Waals surface area (Å²) in [4.78, 5) is 15.4. The number of aromatic amines is 1. The van der Waals surface area contributed by atoms with Crippen LogP contribution in [0.3, 0.4) is 0 Å². The Bertz CT molecular complexity index is 741. The van der Waals surface area contributed by atoms with E-state index in [1.807, 2.05) is 61.5 Å². The Labute approximate surface area is 123 Å². The molecular formula is C17H17N3O. The number of aromatic nitrogens is 1. The maximum Gasteiger partial charge on any atom is 0.268 e. The van der Waals surface area contributed by atoms with Gasteiger partial charge in [0.15, 0.2) is 0 Å². The largest absolute Gasteiger partial charge is 0.399 e. The summed E-state index contributed by atoms with van der Waals surface area (Å²) in [6.45, 7) is 1.95. The second-order valence-electron chi connectivity index (χ2n) is 5.13. The van der Waals surface area contributed by atoms with Gasteiger partial charge < -0.3 is 16.0 Å². The molecule has 0 saturated heterocycles. The van der Waals surface area contributed by atoms with Crippen LogP contribution in [0.15, 0.2) is 54.6 Å². The molecule has 1 heterocycles. The van der Waals surface area contributed by atoms with Gasteiger partial charge in [0.1, 0.15) is 5.69 Å². The number of rotatable bonds is 3. The summed E-state index contributed by atoms with van der Waals surface area (Å²) in [5, 5.41) is 4.01. The van der Waals surface area contributed by atoms with Crippen LogP contribution in [0.5, 0.6) is 0 Å². The van der Waals surface area contributed by atoms with Gasteiger partial charge in [0, 0.05) is 16.6 Å². The molecule has 3 aromatic rings. The molecule has 4 heteroatoms. The highest BCUT2D eigenvalue weighted by Crippen LogP contribution is 2.17. The van der Waals surface area contributed by atoms with Gasteiger partial charge in [-0.15, -0.1) is 0 Å². The summed E-state index contributed by atoms with van der Waals surface area (Å²) in [6, 6.07) is 17.1. The Balaban J connectivity index is 1.77. The lowest BCUT2D eigenvalue weighted by atomic mass is 10.1. The summed E-state index contributed by atoms with van der Waals surface area (Å²) in [5.74, 6) is -0.115. The van der Waals surface area contributed by atoms with E-state index in [4.69, 9.17) is 5.73 Å². The lowest BCUT2D eigenvalue weighted by molar-refractivity contribution is 0.0935. The number of para-hydroxylation sites is 1. The molecule has 1 amide bonds. The topological polar surface area (TPSA) is 70.9 Å². The number of fused-ring (bicyclic) bond motifs is 1. The van der Waals surface area contributed by atoms with Gasteiger partial charge in [0.25, 0.3) is 5.91 Å². The molecule has 0 spiro atoms. The molecule has 3 rings (SSSR count). The van der Waals surface area contributed by atoms with E-state index >= 15 is 0 Å². The molecule has 0 bridgehead atoms. The smallest absolute Gasteiger partial charge is 0.268 e. The number of anilines is 1. The number of nitrogens with two attached hydrogens (primary N) is 1. The summed E-state index contributed by atoms with van der Waals surface area (Å²) in [7, 11) is 0. The van der Waals surface area contributed by atoms with Crippen LogP contribution in [0.2, 0.25) is 0 Å². The third kappa shape index (κ3) is 2.74. The maximum absolute atomic E-state index is 12.3. The van der Waals surface area contributed by atoms with Crippen LogP contribution >= 0.6 is 0 Å². The first-order valence-electron chi connectivity index (χ1n) is 6.87. The van der Waals surface area contributed by atoms with Crippen molar-refractivity contribution in [2.45, 2.75) is 13.0 Å². The molecule has 0 radical (unpaired) electrons. The van der Waals surface area contributed by atoms with E-state index in [1.54, 1.807) is 0 Å². The molecule has 1 unspecified atom stereocenters. The highest BCUT2D eigenvalue weighted by atomic mass is 16.1. The fourth-order valence-electron chi connectivity index (χ4n) is 2.34. The Morgan fingerprint density at radius 2 is 1.86 bits per heavy atom. The molecule has 4 nitrogen and oxygen atoms in total. The number of hydrogen-bond acceptors (Lipinski definition) is 2. The normalized spacial score (nSPS) is 12.2. The molecule has 1 aromatic heterocycles. The lowest BCUT2D eigenvalue weighted by Gasteiger charge is -2.13. The highest BCUT2D eigenvalue weighted by Gasteiger charge is 2.13. The minimum atomic E-state index is -0.115. The Hall–Kier alpha value is -2.75. The van der Waals surface area contributed by atoms with Gasteiger partial charge in [-0.3, -0.25) is 4.79 Å². The quantitative estimate of drug-likeness (QED) is 0.644. The summed E-state index contributed by atoms with van der Waals surface area (Å²) >= 11 is 0. The summed E-state index contributed by atoms with van der Waals surface area (Å²) < 4.78 is 0. The fraction of sp³-hybridized carbons (Fsp3) is 0.118. The van der Waals surface area contributed by atoms with Gasteiger partial charge >= 0.3 is 0 Å². The summed E-state index contributed by atoms with van der Waals surface area (Å²) in [6.07, 6.45) is 0. The number of amides is 1. The predicted octanol–water partition coefficient (Wildman–Crippen LogP) is 3.24. The molecule has 2 aromatic carbocycles. The van der Waals surface area contributed by atoms with Crippen LogP contribution in [0.25, 0.3) is 10.9 Å². The lowest BCUT2D eigenvalue weighted by Crippen LogP contribution is -2.26. The monoisotopic (exact) mass is 279 g/mol. The van der Waals surface area contributed by atoms with Crippen molar-refractivity contribution in [1.29, 1.82) is 0 Å². The van der Waals surface area contributed by atoms with Crippen LogP contribution in [-0.4, -0.2) is 10.9 Å². The molecule has 0 saturated carbocycles. The average molecular weight is 279 g/mol. The van der Waals surface area contributed by atoms with Crippen LogP contribution in [-0.2, 0) is 0 Å². The number of nitrogens with one attached hydrogen (secondary N) is 2. The SMILES string of the molecule is CC(NC(=O)c1cc2ccccc2[nH]1)c1ccc(N)cc1. The van der Waals surface area contributed by atoms with E-state index < -0.39 is 0 Å². The van der Waals surface area contributed by atoms with Crippen molar-refractivity contribution in [1.82, 2.24) is 10.3 Å². The Kier molecular flexibility index (Phi) is 3.36. The van der Waals surface area contributed by atoms with Gasteiger partial charge in [0.2, 0.25) is 0 Å². The van der Waals surface area contributed by atoms with Crippen molar-refractivity contribution < 1.29 is 4.79 Å². The van der Waals surface area contributed by atoms with E-state index in [2.05, 4.69) is 10.3 Å². The minimum absolute atomic E-state index is 0.0792. The minimum Gasteiger partial charge on any atom is -0.399 e. The van der Waals surface area contributed by atoms with E-state index in [-0.39, 0.29) is 11.9 Å². The standard InChI is InChI=1S/C17H17N3O/c1-11(12-6-8-14(18)9-7-12)19-17(21)16-10-13-4-2-3-5-15(13)20-16/h2-11,20H,18H2,1H3,(H,19,21). The summed E-state index contributed by atoms with van der Waals surface area (Å²) in [5.41, 5.74) is 8.94. The van der Waals surface area contributed by atoms with Gasteiger partial charge in [-0.05, 0) is 36.8 Å². The number of H-pyrrole nitrogens is 1. The second-order valence-corrected chi connectivity index (χ2v) is 5.13. The molecule has 21 heavy (non-hydrogen) atoms. The Morgan fingerprint density at radius 3 is 2.57 bits per heavy atom. The highest BCUT2D eigenvalue weighted by molar-refractivity contribution is 5.98. The predicted molar refractivity (Wildman–Crippen MR) is 85.0 cm³/mol. The van der Waals surface area contributed by atoms with E-state index in [0.717, 1.165) is 16.5 Å². The molecule has 106 valence electrons. The first-order chi connectivity index (χ1) is 10.1. The number of carbonyl (C=O) groups excluding carboxylic acids is 1. The number of carbonyl (C=O) groups is 1. The zero-order chi connectivity index (χ0) is 14.8.